The monoisotopic (exact) mass is 527 g/mol. The summed E-state index contributed by atoms with van der Waals surface area (Å²) in [6.45, 7) is 1.32. The zero-order chi connectivity index (χ0) is 26.3. The number of fused-ring (bicyclic) bond motifs is 1. The number of alkyl halides is 3. The molecule has 2 N–H and O–H groups in total. The van der Waals surface area contributed by atoms with Crippen LogP contribution >= 0.6 is 0 Å². The molecule has 9 nitrogen and oxygen atoms in total. The molecule has 0 spiro atoms. The number of rotatable bonds is 7. The van der Waals surface area contributed by atoms with Crippen LogP contribution in [0.3, 0.4) is 0 Å². The van der Waals surface area contributed by atoms with Gasteiger partial charge in [-0.2, -0.15) is 18.3 Å². The van der Waals surface area contributed by atoms with Gasteiger partial charge < -0.3 is 14.6 Å². The number of carboxylic acids is 1. The number of aromatic nitrogens is 2. The number of nitrogens with one attached hydrogen (secondary N) is 1. The van der Waals surface area contributed by atoms with E-state index < -0.39 is 28.3 Å². The van der Waals surface area contributed by atoms with Gasteiger partial charge in [0, 0.05) is 18.8 Å². The van der Waals surface area contributed by atoms with Crippen molar-refractivity contribution in [3.63, 3.8) is 0 Å². The summed E-state index contributed by atoms with van der Waals surface area (Å²) < 4.78 is 72.5. The quantitative estimate of drug-likeness (QED) is 0.484. The second kappa shape index (κ2) is 11.5. The average molecular weight is 528 g/mol. The van der Waals surface area contributed by atoms with Crippen LogP contribution in [0.15, 0.2) is 65.7 Å². The first kappa shape index (κ1) is 27.2. The lowest BCUT2D eigenvalue weighted by Crippen LogP contribution is -2.32. The van der Waals surface area contributed by atoms with Gasteiger partial charge in [-0.1, -0.05) is 36.4 Å². The third-order valence-electron chi connectivity index (χ3n) is 5.11. The Morgan fingerprint density at radius 3 is 2.56 bits per heavy atom. The normalized spacial score (nSPS) is 15.4. The molecule has 1 unspecified atom stereocenters. The zero-order valence-electron chi connectivity index (χ0n) is 19.1. The van der Waals surface area contributed by atoms with Gasteiger partial charge in [-0.3, -0.25) is 4.68 Å². The van der Waals surface area contributed by atoms with Crippen molar-refractivity contribution in [2.45, 2.75) is 30.1 Å². The van der Waals surface area contributed by atoms with Crippen LogP contribution in [-0.4, -0.2) is 55.7 Å². The predicted molar refractivity (Wildman–Crippen MR) is 122 cm³/mol. The molecule has 1 aliphatic heterocycles. The van der Waals surface area contributed by atoms with E-state index in [0.29, 0.717) is 18.9 Å². The van der Waals surface area contributed by atoms with Crippen molar-refractivity contribution in [2.75, 3.05) is 20.3 Å². The molecule has 3 aromatic rings. The molecule has 2 heterocycles. The Labute approximate surface area is 205 Å². The fourth-order valence-corrected chi connectivity index (χ4v) is 4.44. The van der Waals surface area contributed by atoms with E-state index in [9.17, 15) is 21.6 Å². The highest BCUT2D eigenvalue weighted by Crippen LogP contribution is 2.26. The van der Waals surface area contributed by atoms with E-state index in [1.807, 2.05) is 29.1 Å². The lowest BCUT2D eigenvalue weighted by atomic mass is 10.1. The summed E-state index contributed by atoms with van der Waals surface area (Å²) in [7, 11) is -2.18. The molecular formula is C23H24F3N3O6S. The highest BCUT2D eigenvalue weighted by Gasteiger charge is 2.38. The number of carboxylic acid groups (broad SMARTS) is 1. The molecule has 4 rings (SSSR count). The SMILES string of the molecule is COc1cccc(S(=O)(=O)NCC2OCCc3cn(Cc4ccccc4)nc32)c1.O=C(O)C(F)(F)F. The second-order valence-corrected chi connectivity index (χ2v) is 9.43. The molecule has 1 atom stereocenters. The molecular weight excluding hydrogens is 503 g/mol. The number of hydrogen-bond acceptors (Lipinski definition) is 6. The van der Waals surface area contributed by atoms with Crippen molar-refractivity contribution in [3.8, 4) is 5.75 Å². The van der Waals surface area contributed by atoms with E-state index in [0.717, 1.165) is 23.2 Å². The van der Waals surface area contributed by atoms with Crippen LogP contribution in [0.1, 0.15) is 22.9 Å². The first-order valence-electron chi connectivity index (χ1n) is 10.6. The maximum atomic E-state index is 12.7. The van der Waals surface area contributed by atoms with Crippen molar-refractivity contribution < 1.29 is 41.0 Å². The van der Waals surface area contributed by atoms with Crippen LogP contribution in [0.2, 0.25) is 0 Å². The van der Waals surface area contributed by atoms with Crippen LogP contribution in [0.5, 0.6) is 5.75 Å². The molecule has 0 radical (unpaired) electrons. The molecule has 0 saturated carbocycles. The third kappa shape index (κ3) is 7.29. The first-order chi connectivity index (χ1) is 17.0. The summed E-state index contributed by atoms with van der Waals surface area (Å²) >= 11 is 0. The smallest absolute Gasteiger partial charge is 0.490 e. The molecule has 2 aromatic carbocycles. The first-order valence-corrected chi connectivity index (χ1v) is 12.1. The number of hydrogen-bond donors (Lipinski definition) is 2. The lowest BCUT2D eigenvalue weighted by molar-refractivity contribution is -0.192. The summed E-state index contributed by atoms with van der Waals surface area (Å²) in [5.74, 6) is -2.27. The standard InChI is InChI=1S/C21H23N3O4S.C2HF3O2/c1-27-18-8-5-9-19(12-18)29(25,26)22-13-20-21-17(10-11-28-20)15-24(23-21)14-16-6-3-2-4-7-16;3-2(4,5)1(6)7/h2-9,12,15,20,22H,10-11,13-14H2,1H3;(H,6,7). The summed E-state index contributed by atoms with van der Waals surface area (Å²) in [5.41, 5.74) is 3.04. The number of carbonyl (C=O) groups is 1. The zero-order valence-corrected chi connectivity index (χ0v) is 19.9. The number of benzene rings is 2. The number of ether oxygens (including phenoxy) is 2. The van der Waals surface area contributed by atoms with Gasteiger partial charge in [-0.15, -0.1) is 0 Å². The number of sulfonamides is 1. The van der Waals surface area contributed by atoms with E-state index in [1.54, 1.807) is 12.1 Å². The van der Waals surface area contributed by atoms with Crippen molar-refractivity contribution in [1.29, 1.82) is 0 Å². The number of nitrogens with zero attached hydrogens (tertiary/aromatic N) is 2. The Hall–Kier alpha value is -3.42. The number of aliphatic carboxylic acids is 1. The highest BCUT2D eigenvalue weighted by molar-refractivity contribution is 7.89. The van der Waals surface area contributed by atoms with E-state index in [-0.39, 0.29) is 11.4 Å². The van der Waals surface area contributed by atoms with Gasteiger partial charge in [-0.05, 0) is 29.7 Å². The van der Waals surface area contributed by atoms with Crippen LogP contribution in [0.4, 0.5) is 13.2 Å². The van der Waals surface area contributed by atoms with E-state index in [4.69, 9.17) is 19.4 Å². The second-order valence-electron chi connectivity index (χ2n) is 7.67. The lowest BCUT2D eigenvalue weighted by Gasteiger charge is -2.22. The Bertz CT molecular complexity index is 1280. The highest BCUT2D eigenvalue weighted by atomic mass is 32.2. The van der Waals surface area contributed by atoms with Crippen LogP contribution in [0.25, 0.3) is 0 Å². The Morgan fingerprint density at radius 2 is 1.92 bits per heavy atom. The molecule has 1 aromatic heterocycles. The largest absolute Gasteiger partial charge is 0.497 e. The molecule has 194 valence electrons. The molecule has 0 amide bonds. The van der Waals surface area contributed by atoms with Crippen molar-refractivity contribution in [1.82, 2.24) is 14.5 Å². The van der Waals surface area contributed by atoms with Gasteiger partial charge in [-0.25, -0.2) is 17.9 Å². The van der Waals surface area contributed by atoms with Gasteiger partial charge in [0.25, 0.3) is 0 Å². The van der Waals surface area contributed by atoms with Crippen LogP contribution < -0.4 is 9.46 Å². The van der Waals surface area contributed by atoms with Gasteiger partial charge in [0.05, 0.1) is 30.9 Å². The maximum Gasteiger partial charge on any atom is 0.490 e. The minimum atomic E-state index is -5.08. The van der Waals surface area contributed by atoms with Crippen LogP contribution in [-0.2, 0) is 32.5 Å². The Kier molecular flexibility index (Phi) is 8.71. The summed E-state index contributed by atoms with van der Waals surface area (Å²) in [5, 5.41) is 11.8. The van der Waals surface area contributed by atoms with Gasteiger partial charge >= 0.3 is 12.1 Å². The van der Waals surface area contributed by atoms with Crippen LogP contribution in [0, 0.1) is 0 Å². The molecule has 0 aliphatic carbocycles. The number of methoxy groups -OCH3 is 1. The van der Waals surface area contributed by atoms with E-state index >= 15 is 0 Å². The summed E-state index contributed by atoms with van der Waals surface area (Å²) in [6.07, 6.45) is -2.71. The fourth-order valence-electron chi connectivity index (χ4n) is 3.38. The summed E-state index contributed by atoms with van der Waals surface area (Å²) in [4.78, 5) is 9.05. The fraction of sp³-hybridized carbons (Fsp3) is 0.304. The van der Waals surface area contributed by atoms with Gasteiger partial charge in [0.2, 0.25) is 10.0 Å². The molecule has 0 bridgehead atoms. The van der Waals surface area contributed by atoms with Gasteiger partial charge in [0.1, 0.15) is 11.9 Å². The van der Waals surface area contributed by atoms with E-state index in [1.165, 1.54) is 19.2 Å². The maximum absolute atomic E-state index is 12.7. The Balaban J connectivity index is 0.000000454. The Morgan fingerprint density at radius 1 is 1.22 bits per heavy atom. The molecule has 0 saturated heterocycles. The van der Waals surface area contributed by atoms with E-state index in [2.05, 4.69) is 22.0 Å². The minimum absolute atomic E-state index is 0.120. The number of halogens is 3. The molecule has 36 heavy (non-hydrogen) atoms. The molecule has 1 aliphatic rings. The van der Waals surface area contributed by atoms with Gasteiger partial charge in [0.15, 0.2) is 0 Å². The summed E-state index contributed by atoms with van der Waals surface area (Å²) in [6, 6.07) is 16.5. The predicted octanol–water partition coefficient (Wildman–Crippen LogP) is 3.17. The third-order valence-corrected chi connectivity index (χ3v) is 6.53. The molecule has 13 heteroatoms. The minimum Gasteiger partial charge on any atom is -0.497 e. The van der Waals surface area contributed by atoms with Crippen molar-refractivity contribution in [3.05, 3.63) is 77.6 Å². The molecule has 0 fully saturated rings. The van der Waals surface area contributed by atoms with Crippen molar-refractivity contribution in [2.24, 2.45) is 0 Å². The average Bonchev–Trinajstić information content (AvgIpc) is 3.26. The van der Waals surface area contributed by atoms with Crippen molar-refractivity contribution >= 4 is 16.0 Å². The topological polar surface area (TPSA) is 120 Å².